The van der Waals surface area contributed by atoms with Gasteiger partial charge < -0.3 is 19.9 Å². The van der Waals surface area contributed by atoms with Crippen LogP contribution in [0.25, 0.3) is 0 Å². The van der Waals surface area contributed by atoms with E-state index in [4.69, 9.17) is 14.6 Å². The van der Waals surface area contributed by atoms with Crippen LogP contribution >= 0.6 is 0 Å². The Bertz CT molecular complexity index is 218. The van der Waals surface area contributed by atoms with Crippen molar-refractivity contribution in [3.05, 3.63) is 0 Å². The van der Waals surface area contributed by atoms with Crippen LogP contribution in [0.2, 0.25) is 0 Å². The average Bonchev–Trinajstić information content (AvgIpc) is 2.62. The van der Waals surface area contributed by atoms with E-state index in [1.54, 1.807) is 0 Å². The summed E-state index contributed by atoms with van der Waals surface area (Å²) in [6.07, 6.45) is 4.18. The molecular formula is C12H23NO3. The molecule has 0 saturated carbocycles. The number of aliphatic hydroxyl groups excluding tert-OH is 1. The monoisotopic (exact) mass is 229 g/mol. The number of nitrogens with one attached hydrogen (secondary N) is 1. The minimum Gasteiger partial charge on any atom is -0.396 e. The molecule has 16 heavy (non-hydrogen) atoms. The van der Waals surface area contributed by atoms with E-state index in [9.17, 15) is 0 Å². The molecule has 2 atom stereocenters. The summed E-state index contributed by atoms with van der Waals surface area (Å²) in [5, 5.41) is 12.2. The molecule has 0 amide bonds. The molecule has 2 aliphatic rings. The van der Waals surface area contributed by atoms with Crippen LogP contribution in [-0.2, 0) is 9.47 Å². The van der Waals surface area contributed by atoms with Crippen molar-refractivity contribution in [2.24, 2.45) is 5.92 Å². The molecule has 0 aromatic heterocycles. The molecule has 2 rings (SSSR count). The van der Waals surface area contributed by atoms with Crippen molar-refractivity contribution in [3.8, 4) is 0 Å². The van der Waals surface area contributed by atoms with Crippen LogP contribution < -0.4 is 5.32 Å². The highest BCUT2D eigenvalue weighted by Crippen LogP contribution is 2.33. The lowest BCUT2D eigenvalue weighted by molar-refractivity contribution is -0.168. The first kappa shape index (κ1) is 12.3. The van der Waals surface area contributed by atoms with Gasteiger partial charge >= 0.3 is 0 Å². The summed E-state index contributed by atoms with van der Waals surface area (Å²) in [5.74, 6) is 0.293. The lowest BCUT2D eigenvalue weighted by Crippen LogP contribution is -2.35. The molecule has 4 nitrogen and oxygen atoms in total. The summed E-state index contributed by atoms with van der Waals surface area (Å²) in [6, 6.07) is 0. The van der Waals surface area contributed by atoms with Gasteiger partial charge in [-0.05, 0) is 45.2 Å². The molecule has 0 radical (unpaired) electrons. The molecule has 2 N–H and O–H groups in total. The predicted molar refractivity (Wildman–Crippen MR) is 61.1 cm³/mol. The summed E-state index contributed by atoms with van der Waals surface area (Å²) in [5.41, 5.74) is 0. The molecule has 94 valence electrons. The number of aliphatic hydroxyl groups is 1. The van der Waals surface area contributed by atoms with Crippen molar-refractivity contribution in [1.29, 1.82) is 0 Å². The van der Waals surface area contributed by atoms with E-state index in [1.807, 2.05) is 6.92 Å². The Morgan fingerprint density at radius 3 is 2.81 bits per heavy atom. The fourth-order valence-electron chi connectivity index (χ4n) is 2.69. The smallest absolute Gasteiger partial charge is 0.166 e. The van der Waals surface area contributed by atoms with Crippen LogP contribution in [0, 0.1) is 5.92 Å². The zero-order valence-electron chi connectivity index (χ0n) is 10.1. The fourth-order valence-corrected chi connectivity index (χ4v) is 2.69. The number of hydrogen-bond acceptors (Lipinski definition) is 4. The number of piperidine rings is 1. The second kappa shape index (κ2) is 5.45. The normalized spacial score (nSPS) is 36.8. The highest BCUT2D eigenvalue weighted by Gasteiger charge is 2.38. The lowest BCUT2D eigenvalue weighted by Gasteiger charge is -2.30. The number of hydrogen-bond donors (Lipinski definition) is 2. The number of ether oxygens (including phenoxy) is 2. The summed E-state index contributed by atoms with van der Waals surface area (Å²) >= 11 is 0. The molecule has 0 aromatic carbocycles. The highest BCUT2D eigenvalue weighted by molar-refractivity contribution is 4.80. The maximum atomic E-state index is 8.87. The van der Waals surface area contributed by atoms with Gasteiger partial charge in [-0.1, -0.05) is 0 Å². The van der Waals surface area contributed by atoms with Crippen molar-refractivity contribution in [1.82, 2.24) is 5.32 Å². The van der Waals surface area contributed by atoms with E-state index in [1.165, 1.54) is 12.8 Å². The van der Waals surface area contributed by atoms with Gasteiger partial charge in [0.25, 0.3) is 0 Å². The summed E-state index contributed by atoms with van der Waals surface area (Å²) in [4.78, 5) is 0. The maximum absolute atomic E-state index is 8.87. The third-order valence-electron chi connectivity index (χ3n) is 3.56. The quantitative estimate of drug-likeness (QED) is 0.751. The second-order valence-electron chi connectivity index (χ2n) is 5.09. The standard InChI is InChI=1S/C12H23NO3/c1-12(8-10-2-5-13-6-3-10)15-9-11(16-12)4-7-14/h10-11,13-14H,2-9H2,1H3. The SMILES string of the molecule is CC1(CC2CCNCC2)OCC(CCO)O1. The molecule has 0 aromatic rings. The van der Waals surface area contributed by atoms with Crippen molar-refractivity contribution in [2.75, 3.05) is 26.3 Å². The number of rotatable bonds is 4. The van der Waals surface area contributed by atoms with Gasteiger partial charge in [-0.3, -0.25) is 0 Å². The van der Waals surface area contributed by atoms with Crippen molar-refractivity contribution < 1.29 is 14.6 Å². The van der Waals surface area contributed by atoms with Gasteiger partial charge in [-0.2, -0.15) is 0 Å². The molecule has 0 aliphatic carbocycles. The third-order valence-corrected chi connectivity index (χ3v) is 3.56. The Morgan fingerprint density at radius 1 is 1.38 bits per heavy atom. The van der Waals surface area contributed by atoms with Gasteiger partial charge in [0, 0.05) is 13.0 Å². The Labute approximate surface area is 97.3 Å². The molecule has 2 heterocycles. The topological polar surface area (TPSA) is 50.7 Å². The first-order chi connectivity index (χ1) is 7.72. The van der Waals surface area contributed by atoms with Gasteiger partial charge in [0.15, 0.2) is 5.79 Å². The minimum absolute atomic E-state index is 0.0803. The zero-order chi connectivity index (χ0) is 11.4. The molecule has 2 aliphatic heterocycles. The van der Waals surface area contributed by atoms with Crippen LogP contribution in [0.1, 0.15) is 32.6 Å². The van der Waals surface area contributed by atoms with E-state index in [0.29, 0.717) is 18.9 Å². The molecular weight excluding hydrogens is 206 g/mol. The third kappa shape index (κ3) is 3.17. The van der Waals surface area contributed by atoms with Crippen LogP contribution in [0.5, 0.6) is 0 Å². The van der Waals surface area contributed by atoms with Crippen LogP contribution in [0.15, 0.2) is 0 Å². The highest BCUT2D eigenvalue weighted by atomic mass is 16.7. The first-order valence-electron chi connectivity index (χ1n) is 6.35. The summed E-state index contributed by atoms with van der Waals surface area (Å²) < 4.78 is 11.6. The Hall–Kier alpha value is -0.160. The summed E-state index contributed by atoms with van der Waals surface area (Å²) in [6.45, 7) is 5.06. The fraction of sp³-hybridized carbons (Fsp3) is 1.00. The summed E-state index contributed by atoms with van der Waals surface area (Å²) in [7, 11) is 0. The molecule has 0 bridgehead atoms. The average molecular weight is 229 g/mol. The second-order valence-corrected chi connectivity index (χ2v) is 5.09. The van der Waals surface area contributed by atoms with Gasteiger partial charge in [0.1, 0.15) is 0 Å². The molecule has 2 saturated heterocycles. The van der Waals surface area contributed by atoms with Gasteiger partial charge in [-0.15, -0.1) is 0 Å². The van der Waals surface area contributed by atoms with Crippen molar-refractivity contribution >= 4 is 0 Å². The van der Waals surface area contributed by atoms with Crippen molar-refractivity contribution in [3.63, 3.8) is 0 Å². The van der Waals surface area contributed by atoms with Gasteiger partial charge in [0.2, 0.25) is 0 Å². The van der Waals surface area contributed by atoms with E-state index in [2.05, 4.69) is 5.32 Å². The first-order valence-corrected chi connectivity index (χ1v) is 6.35. The molecule has 4 heteroatoms. The van der Waals surface area contributed by atoms with Crippen LogP contribution in [0.3, 0.4) is 0 Å². The van der Waals surface area contributed by atoms with E-state index >= 15 is 0 Å². The Morgan fingerprint density at radius 2 is 2.12 bits per heavy atom. The lowest BCUT2D eigenvalue weighted by atomic mass is 9.91. The predicted octanol–water partition coefficient (Wildman–Crippen LogP) is 0.890. The Kier molecular flexibility index (Phi) is 4.19. The van der Waals surface area contributed by atoms with Gasteiger partial charge in [-0.25, -0.2) is 0 Å². The minimum atomic E-state index is -0.415. The van der Waals surface area contributed by atoms with E-state index in [-0.39, 0.29) is 12.7 Å². The maximum Gasteiger partial charge on any atom is 0.166 e. The van der Waals surface area contributed by atoms with Gasteiger partial charge in [0.05, 0.1) is 12.7 Å². The van der Waals surface area contributed by atoms with Crippen LogP contribution in [-0.4, -0.2) is 43.3 Å². The largest absolute Gasteiger partial charge is 0.396 e. The molecule has 2 unspecified atom stereocenters. The molecule has 2 fully saturated rings. The van der Waals surface area contributed by atoms with E-state index in [0.717, 1.165) is 19.5 Å². The molecule has 0 spiro atoms. The van der Waals surface area contributed by atoms with E-state index < -0.39 is 5.79 Å². The Balaban J connectivity index is 1.79. The zero-order valence-corrected chi connectivity index (χ0v) is 10.1. The van der Waals surface area contributed by atoms with Crippen molar-refractivity contribution in [2.45, 2.75) is 44.5 Å². The van der Waals surface area contributed by atoms with Crippen LogP contribution in [0.4, 0.5) is 0 Å².